The number of ether oxygens (including phenoxy) is 1. The van der Waals surface area contributed by atoms with Gasteiger partial charge in [-0.1, -0.05) is 29.8 Å². The van der Waals surface area contributed by atoms with Crippen LogP contribution in [0.15, 0.2) is 35.9 Å². The highest BCUT2D eigenvalue weighted by molar-refractivity contribution is 6.32. The zero-order valence-corrected chi connectivity index (χ0v) is 17.2. The van der Waals surface area contributed by atoms with Crippen molar-refractivity contribution < 1.29 is 19.1 Å². The molecule has 0 saturated carbocycles. The van der Waals surface area contributed by atoms with Crippen molar-refractivity contribution in [3.05, 3.63) is 63.4 Å². The molecule has 1 saturated heterocycles. The summed E-state index contributed by atoms with van der Waals surface area (Å²) in [6, 6.07) is 8.07. The summed E-state index contributed by atoms with van der Waals surface area (Å²) in [5.74, 6) is -1.36. The summed E-state index contributed by atoms with van der Waals surface area (Å²) in [4.78, 5) is 38.5. The topological polar surface area (TPSA) is 80.6 Å². The SMILES string of the molecule is COCCn1c(C)cc(C=C2C(=O)NC(=O)N(Cc3ccccc3Cl)C2=O)c1C. The molecular formula is C21H22ClN3O4. The van der Waals surface area contributed by atoms with E-state index in [1.807, 2.05) is 24.5 Å². The Hall–Kier alpha value is -2.90. The van der Waals surface area contributed by atoms with Crippen LogP contribution in [0.3, 0.4) is 0 Å². The van der Waals surface area contributed by atoms with Crippen molar-refractivity contribution in [1.82, 2.24) is 14.8 Å². The Morgan fingerprint density at radius 2 is 1.90 bits per heavy atom. The van der Waals surface area contributed by atoms with Gasteiger partial charge in [0, 0.05) is 30.1 Å². The summed E-state index contributed by atoms with van der Waals surface area (Å²) in [7, 11) is 1.63. The van der Waals surface area contributed by atoms with E-state index in [9.17, 15) is 14.4 Å². The summed E-state index contributed by atoms with van der Waals surface area (Å²) in [6.45, 7) is 5.04. The van der Waals surface area contributed by atoms with E-state index in [0.29, 0.717) is 23.7 Å². The lowest BCUT2D eigenvalue weighted by Crippen LogP contribution is -2.53. The second kappa shape index (κ2) is 8.63. The number of benzene rings is 1. The Bertz CT molecular complexity index is 1010. The Morgan fingerprint density at radius 3 is 2.59 bits per heavy atom. The number of imide groups is 2. The molecule has 1 aliphatic heterocycles. The maximum Gasteiger partial charge on any atom is 0.331 e. The molecule has 1 N–H and O–H groups in total. The van der Waals surface area contributed by atoms with E-state index in [1.165, 1.54) is 6.08 Å². The second-order valence-corrected chi connectivity index (χ2v) is 7.18. The van der Waals surface area contributed by atoms with Crippen LogP contribution in [0.5, 0.6) is 0 Å². The van der Waals surface area contributed by atoms with Crippen LogP contribution >= 0.6 is 11.6 Å². The highest BCUT2D eigenvalue weighted by atomic mass is 35.5. The second-order valence-electron chi connectivity index (χ2n) is 6.77. The molecule has 0 spiro atoms. The van der Waals surface area contributed by atoms with Gasteiger partial charge in [0.1, 0.15) is 5.57 Å². The molecule has 29 heavy (non-hydrogen) atoms. The number of hydrogen-bond donors (Lipinski definition) is 1. The molecule has 0 atom stereocenters. The molecule has 152 valence electrons. The van der Waals surface area contributed by atoms with Gasteiger partial charge in [0.2, 0.25) is 0 Å². The fourth-order valence-corrected chi connectivity index (χ4v) is 3.49. The number of nitrogens with zero attached hydrogens (tertiary/aromatic N) is 2. The van der Waals surface area contributed by atoms with Gasteiger partial charge < -0.3 is 9.30 Å². The van der Waals surface area contributed by atoms with E-state index >= 15 is 0 Å². The van der Waals surface area contributed by atoms with E-state index < -0.39 is 17.8 Å². The van der Waals surface area contributed by atoms with Crippen LogP contribution in [0.1, 0.15) is 22.5 Å². The molecule has 0 unspecified atom stereocenters. The van der Waals surface area contributed by atoms with Gasteiger partial charge in [-0.2, -0.15) is 0 Å². The van der Waals surface area contributed by atoms with Crippen LogP contribution in [-0.4, -0.2) is 41.0 Å². The summed E-state index contributed by atoms with van der Waals surface area (Å²) in [5.41, 5.74) is 3.15. The number of barbiturate groups is 1. The number of nitrogens with one attached hydrogen (secondary N) is 1. The summed E-state index contributed by atoms with van der Waals surface area (Å²) in [5, 5.41) is 2.68. The molecule has 0 bridgehead atoms. The molecule has 1 aliphatic rings. The monoisotopic (exact) mass is 415 g/mol. The molecular weight excluding hydrogens is 394 g/mol. The third kappa shape index (κ3) is 4.26. The predicted octanol–water partition coefficient (Wildman–Crippen LogP) is 3.07. The number of carbonyl (C=O) groups excluding carboxylic acids is 3. The number of methoxy groups -OCH3 is 1. The fraction of sp³-hybridized carbons (Fsp3) is 0.286. The van der Waals surface area contributed by atoms with Crippen molar-refractivity contribution in [1.29, 1.82) is 0 Å². The average molecular weight is 416 g/mol. The minimum atomic E-state index is -0.761. The molecule has 8 heteroatoms. The van der Waals surface area contributed by atoms with Gasteiger partial charge in [0.25, 0.3) is 11.8 Å². The van der Waals surface area contributed by atoms with Gasteiger partial charge >= 0.3 is 6.03 Å². The molecule has 2 aromatic rings. The highest BCUT2D eigenvalue weighted by Crippen LogP contribution is 2.23. The lowest BCUT2D eigenvalue weighted by molar-refractivity contribution is -0.130. The first-order valence-corrected chi connectivity index (χ1v) is 9.49. The Balaban J connectivity index is 1.93. The van der Waals surface area contributed by atoms with Crippen molar-refractivity contribution in [2.24, 2.45) is 0 Å². The maximum atomic E-state index is 12.9. The smallest absolute Gasteiger partial charge is 0.331 e. The van der Waals surface area contributed by atoms with E-state index in [0.717, 1.165) is 21.9 Å². The van der Waals surface area contributed by atoms with Crippen LogP contribution in [0.4, 0.5) is 4.79 Å². The van der Waals surface area contributed by atoms with Crippen LogP contribution < -0.4 is 5.32 Å². The van der Waals surface area contributed by atoms with Crippen LogP contribution in [-0.2, 0) is 27.4 Å². The summed E-state index contributed by atoms with van der Waals surface area (Å²) >= 11 is 6.15. The molecule has 0 radical (unpaired) electrons. The normalized spacial score (nSPS) is 15.9. The third-order valence-electron chi connectivity index (χ3n) is 4.90. The minimum Gasteiger partial charge on any atom is -0.383 e. The zero-order valence-electron chi connectivity index (χ0n) is 16.5. The number of urea groups is 1. The average Bonchev–Trinajstić information content (AvgIpc) is 2.94. The Labute approximate surface area is 173 Å². The van der Waals surface area contributed by atoms with Gasteiger partial charge in [0.05, 0.1) is 13.2 Å². The van der Waals surface area contributed by atoms with E-state index in [2.05, 4.69) is 5.32 Å². The van der Waals surface area contributed by atoms with Crippen LogP contribution in [0.2, 0.25) is 5.02 Å². The number of rotatable bonds is 6. The van der Waals surface area contributed by atoms with Crippen molar-refractivity contribution in [2.75, 3.05) is 13.7 Å². The van der Waals surface area contributed by atoms with Crippen LogP contribution in [0.25, 0.3) is 6.08 Å². The fourth-order valence-electron chi connectivity index (χ4n) is 3.29. The number of amides is 4. The van der Waals surface area contributed by atoms with Crippen LogP contribution in [0, 0.1) is 13.8 Å². The van der Waals surface area contributed by atoms with E-state index in [1.54, 1.807) is 31.4 Å². The first-order valence-electron chi connectivity index (χ1n) is 9.11. The predicted molar refractivity (Wildman–Crippen MR) is 109 cm³/mol. The third-order valence-corrected chi connectivity index (χ3v) is 5.27. The van der Waals surface area contributed by atoms with Gasteiger partial charge in [0.15, 0.2) is 0 Å². The molecule has 1 aromatic carbocycles. The molecule has 1 fully saturated rings. The number of halogens is 1. The van der Waals surface area contributed by atoms with Crippen molar-refractivity contribution in [3.63, 3.8) is 0 Å². The number of aryl methyl sites for hydroxylation is 1. The lowest BCUT2D eigenvalue weighted by atomic mass is 10.1. The van der Waals surface area contributed by atoms with E-state index in [-0.39, 0.29) is 12.1 Å². The maximum absolute atomic E-state index is 12.9. The molecule has 4 amide bonds. The van der Waals surface area contributed by atoms with Crippen molar-refractivity contribution in [3.8, 4) is 0 Å². The van der Waals surface area contributed by atoms with Crippen molar-refractivity contribution in [2.45, 2.75) is 26.9 Å². The molecule has 0 aliphatic carbocycles. The van der Waals surface area contributed by atoms with E-state index in [4.69, 9.17) is 16.3 Å². The lowest BCUT2D eigenvalue weighted by Gasteiger charge is -2.26. The largest absolute Gasteiger partial charge is 0.383 e. The van der Waals surface area contributed by atoms with Gasteiger partial charge in [-0.3, -0.25) is 19.8 Å². The number of aromatic nitrogens is 1. The molecule has 7 nitrogen and oxygen atoms in total. The molecule has 1 aromatic heterocycles. The van der Waals surface area contributed by atoms with Gasteiger partial charge in [-0.25, -0.2) is 4.79 Å². The minimum absolute atomic E-state index is 0.0260. The van der Waals surface area contributed by atoms with Gasteiger partial charge in [-0.05, 0) is 43.2 Å². The van der Waals surface area contributed by atoms with Crippen molar-refractivity contribution >= 4 is 35.5 Å². The summed E-state index contributed by atoms with van der Waals surface area (Å²) in [6.07, 6.45) is 1.52. The number of carbonyl (C=O) groups is 3. The molecule has 3 rings (SSSR count). The number of hydrogen-bond acceptors (Lipinski definition) is 4. The molecule has 2 heterocycles. The Kier molecular flexibility index (Phi) is 6.20. The van der Waals surface area contributed by atoms with Gasteiger partial charge in [-0.15, -0.1) is 0 Å². The highest BCUT2D eigenvalue weighted by Gasteiger charge is 2.36. The first-order chi connectivity index (χ1) is 13.8. The first kappa shape index (κ1) is 20.8. The standard InChI is InChI=1S/C21H22ClN3O4/c1-13-10-16(14(2)24(13)8-9-29-3)11-17-19(26)23-21(28)25(20(17)27)12-15-6-4-5-7-18(15)22/h4-7,10-11H,8-9,12H2,1-3H3,(H,23,26,28). The quantitative estimate of drug-likeness (QED) is 0.580. The zero-order chi connectivity index (χ0) is 21.1. The summed E-state index contributed by atoms with van der Waals surface area (Å²) < 4.78 is 7.18. The Morgan fingerprint density at radius 1 is 1.17 bits per heavy atom.